The van der Waals surface area contributed by atoms with Gasteiger partial charge in [-0.1, -0.05) is 0 Å². The second kappa shape index (κ2) is 9.80. The summed E-state index contributed by atoms with van der Waals surface area (Å²) in [5.74, 6) is -0.1000. The van der Waals surface area contributed by atoms with Crippen LogP contribution in [0.5, 0.6) is 0 Å². The first-order valence-electron chi connectivity index (χ1n) is 2.82. The molecule has 0 fully saturated rings. The molecule has 0 aromatic rings. The fourth-order valence-electron chi connectivity index (χ4n) is 0.368. The van der Waals surface area contributed by atoms with Crippen LogP contribution in [0.4, 0.5) is 0 Å². The minimum atomic E-state index is -0.913. The lowest BCUT2D eigenvalue weighted by Gasteiger charge is -2.02. The molecule has 0 amide bonds. The van der Waals surface area contributed by atoms with E-state index in [2.05, 4.69) is 12.5 Å². The summed E-state index contributed by atoms with van der Waals surface area (Å²) in [5.41, 5.74) is 5.19. The first-order valence-corrected chi connectivity index (χ1v) is 4.55. The molecule has 0 aromatic carbocycles. The van der Waals surface area contributed by atoms with E-state index >= 15 is 0 Å². The summed E-state index contributed by atoms with van der Waals surface area (Å²) >= 11 is 4.44. The van der Waals surface area contributed by atoms with Crippen LogP contribution in [0.15, 0.2) is 0 Å². The number of rotatable bonds is 4. The summed E-state index contributed by atoms with van der Waals surface area (Å²) in [7, 11) is 0. The number of carbonyl (C=O) groups is 1. The summed E-state index contributed by atoms with van der Waals surface area (Å²) in [6.45, 7) is 0. The van der Waals surface area contributed by atoms with Gasteiger partial charge in [-0.3, -0.25) is 4.79 Å². The summed E-state index contributed by atoms with van der Waals surface area (Å²) in [6, 6.07) is -0.683. The third-order valence-electron chi connectivity index (χ3n) is 0.950. The molecule has 0 aliphatic rings. The topological polar surface area (TPSA) is 80.4 Å². The maximum Gasteiger partial charge on any atom is 0.320 e. The second-order valence-electron chi connectivity index (χ2n) is 1.73. The van der Waals surface area contributed by atoms with Crippen LogP contribution in [-0.2, 0) is 17.3 Å². The highest BCUT2D eigenvalue weighted by molar-refractivity contribution is 7.98. The molecular formula is C5H11NO3S2. The highest BCUT2D eigenvalue weighted by atomic mass is 32.2. The van der Waals surface area contributed by atoms with Gasteiger partial charge in [-0.2, -0.15) is 16.0 Å². The number of hydrogen-bond acceptors (Lipinski definition) is 5. The van der Waals surface area contributed by atoms with Crippen molar-refractivity contribution in [3.8, 4) is 0 Å². The van der Waals surface area contributed by atoms with Crippen molar-refractivity contribution in [3.63, 3.8) is 0 Å². The molecule has 0 saturated carbocycles. The van der Waals surface area contributed by atoms with Gasteiger partial charge in [-0.05, 0) is 18.4 Å². The van der Waals surface area contributed by atoms with E-state index in [9.17, 15) is 4.79 Å². The zero-order valence-corrected chi connectivity index (χ0v) is 7.78. The molecule has 4 nitrogen and oxygen atoms in total. The molecule has 0 radical (unpaired) electrons. The van der Waals surface area contributed by atoms with Crippen molar-refractivity contribution in [2.45, 2.75) is 12.5 Å². The fraction of sp³-hybridized carbons (Fsp3) is 0.800. The Bertz CT molecular complexity index is 112. The third-order valence-corrected chi connectivity index (χ3v) is 1.59. The summed E-state index contributed by atoms with van der Waals surface area (Å²) in [4.78, 5) is 10.1. The van der Waals surface area contributed by atoms with Crippen molar-refractivity contribution >= 4 is 30.3 Å². The van der Waals surface area contributed by atoms with Crippen molar-refractivity contribution in [2.75, 3.05) is 12.0 Å². The predicted molar refractivity (Wildman–Crippen MR) is 46.8 cm³/mol. The highest BCUT2D eigenvalue weighted by Gasteiger charge is 2.08. The average molecular weight is 197 g/mol. The Morgan fingerprint density at radius 1 is 1.73 bits per heavy atom. The normalized spacial score (nSPS) is 11.1. The predicted octanol–water partition coefficient (Wildman–Crippen LogP) is -0.185. The smallest absolute Gasteiger partial charge is 0.320 e. The maximum atomic E-state index is 10.1. The van der Waals surface area contributed by atoms with E-state index in [-0.39, 0.29) is 0 Å². The van der Waals surface area contributed by atoms with Gasteiger partial charge in [0.1, 0.15) is 6.04 Å². The molecule has 1 unspecified atom stereocenters. The van der Waals surface area contributed by atoms with Crippen molar-refractivity contribution in [3.05, 3.63) is 0 Å². The van der Waals surface area contributed by atoms with Gasteiger partial charge in [0.25, 0.3) is 0 Å². The minimum Gasteiger partial charge on any atom is -0.480 e. The SMILES string of the molecule is CSCCC(N)C(=O)O.O=S. The van der Waals surface area contributed by atoms with Crippen LogP contribution >= 0.6 is 11.8 Å². The largest absolute Gasteiger partial charge is 0.480 e. The van der Waals surface area contributed by atoms with E-state index in [0.29, 0.717) is 6.42 Å². The van der Waals surface area contributed by atoms with E-state index in [1.807, 2.05) is 6.26 Å². The van der Waals surface area contributed by atoms with Gasteiger partial charge in [0.05, 0.1) is 0 Å². The first-order chi connectivity index (χ1) is 5.18. The van der Waals surface area contributed by atoms with Crippen LogP contribution in [0.25, 0.3) is 0 Å². The number of thioether (sulfide) groups is 1. The monoisotopic (exact) mass is 197 g/mol. The molecule has 0 aliphatic carbocycles. The second-order valence-corrected chi connectivity index (χ2v) is 2.71. The van der Waals surface area contributed by atoms with Gasteiger partial charge in [0.15, 0.2) is 12.5 Å². The summed E-state index contributed by atoms with van der Waals surface area (Å²) in [5, 5.41) is 8.27. The molecule has 0 saturated heterocycles. The van der Waals surface area contributed by atoms with Gasteiger partial charge >= 0.3 is 5.97 Å². The third kappa shape index (κ3) is 9.80. The molecule has 6 heteroatoms. The molecule has 0 aliphatic heterocycles. The van der Waals surface area contributed by atoms with Crippen LogP contribution < -0.4 is 5.73 Å². The van der Waals surface area contributed by atoms with Crippen LogP contribution in [0, 0.1) is 0 Å². The summed E-state index contributed by atoms with van der Waals surface area (Å²) < 4.78 is 7.83. The molecule has 0 heterocycles. The number of hydrogen-bond donors (Lipinski definition) is 2. The van der Waals surface area contributed by atoms with Crippen LogP contribution in [-0.4, -0.2) is 33.3 Å². The van der Waals surface area contributed by atoms with Crippen molar-refractivity contribution in [2.24, 2.45) is 5.73 Å². The first kappa shape index (κ1) is 13.4. The average Bonchev–Trinajstić information content (AvgIpc) is 2.03. The molecule has 0 bridgehead atoms. The molecule has 66 valence electrons. The standard InChI is InChI=1S/C5H11NO2S.OS/c1-9-3-2-4(6)5(7)8;1-2/h4H,2-3,6H2,1H3,(H,7,8);. The van der Waals surface area contributed by atoms with E-state index in [4.69, 9.17) is 15.0 Å². The lowest BCUT2D eigenvalue weighted by atomic mass is 10.2. The molecule has 0 rings (SSSR count). The van der Waals surface area contributed by atoms with Gasteiger partial charge < -0.3 is 10.8 Å². The number of aliphatic carboxylic acids is 1. The van der Waals surface area contributed by atoms with Crippen LogP contribution in [0.3, 0.4) is 0 Å². The molecule has 0 spiro atoms. The zero-order valence-electron chi connectivity index (χ0n) is 6.15. The Labute approximate surface area is 75.1 Å². The minimum absolute atomic E-state index is 0.552. The van der Waals surface area contributed by atoms with Crippen molar-refractivity contribution in [1.82, 2.24) is 0 Å². The Hall–Kier alpha value is -0.200. The lowest BCUT2D eigenvalue weighted by molar-refractivity contribution is -0.138. The Morgan fingerprint density at radius 2 is 2.18 bits per heavy atom. The number of nitrogens with two attached hydrogens (primary N) is 1. The van der Waals surface area contributed by atoms with Crippen molar-refractivity contribution in [1.29, 1.82) is 0 Å². The highest BCUT2D eigenvalue weighted by Crippen LogP contribution is 1.97. The van der Waals surface area contributed by atoms with E-state index in [1.54, 1.807) is 11.8 Å². The molecule has 0 aromatic heterocycles. The molecule has 11 heavy (non-hydrogen) atoms. The Morgan fingerprint density at radius 3 is 2.45 bits per heavy atom. The number of carboxylic acids is 1. The van der Waals surface area contributed by atoms with Gasteiger partial charge in [0, 0.05) is 0 Å². The van der Waals surface area contributed by atoms with Gasteiger partial charge in [-0.15, -0.1) is 0 Å². The Kier molecular flexibility index (Phi) is 11.9. The van der Waals surface area contributed by atoms with Crippen LogP contribution in [0.1, 0.15) is 6.42 Å². The zero-order chi connectivity index (χ0) is 9.28. The van der Waals surface area contributed by atoms with Crippen molar-refractivity contribution < 1.29 is 14.1 Å². The maximum absolute atomic E-state index is 10.1. The van der Waals surface area contributed by atoms with E-state index in [1.165, 1.54) is 0 Å². The molecule has 3 N–H and O–H groups in total. The van der Waals surface area contributed by atoms with Gasteiger partial charge in [0.2, 0.25) is 0 Å². The quantitative estimate of drug-likeness (QED) is 0.650. The van der Waals surface area contributed by atoms with Gasteiger partial charge in [-0.25, -0.2) is 0 Å². The number of carboxylic acid groups (broad SMARTS) is 1. The lowest BCUT2D eigenvalue weighted by Crippen LogP contribution is -2.30. The Balaban J connectivity index is 0. The molecule has 1 atom stereocenters. The van der Waals surface area contributed by atoms with E-state index < -0.39 is 12.0 Å². The summed E-state index contributed by atoms with van der Waals surface area (Å²) in [6.07, 6.45) is 2.48. The van der Waals surface area contributed by atoms with E-state index in [0.717, 1.165) is 5.75 Å². The fourth-order valence-corrected chi connectivity index (χ4v) is 0.858. The molecular weight excluding hydrogens is 186 g/mol. The van der Waals surface area contributed by atoms with Crippen LogP contribution in [0.2, 0.25) is 0 Å².